The summed E-state index contributed by atoms with van der Waals surface area (Å²) in [7, 11) is 0. The van der Waals surface area contributed by atoms with Crippen LogP contribution in [0.2, 0.25) is 0 Å². The van der Waals surface area contributed by atoms with E-state index in [9.17, 15) is 4.39 Å². The quantitative estimate of drug-likeness (QED) is 0.926. The Morgan fingerprint density at radius 2 is 2.06 bits per heavy atom. The highest BCUT2D eigenvalue weighted by atomic mass is 79.9. The van der Waals surface area contributed by atoms with Crippen LogP contribution >= 0.6 is 15.9 Å². The smallest absolute Gasteiger partial charge is 0.165 e. The van der Waals surface area contributed by atoms with Crippen LogP contribution in [0.3, 0.4) is 0 Å². The van der Waals surface area contributed by atoms with Crippen molar-refractivity contribution in [2.75, 3.05) is 6.54 Å². The maximum Gasteiger partial charge on any atom is 0.165 e. The number of halogens is 2. The van der Waals surface area contributed by atoms with Crippen molar-refractivity contribution in [2.24, 2.45) is 11.1 Å². The van der Waals surface area contributed by atoms with Gasteiger partial charge in [0.2, 0.25) is 0 Å². The zero-order valence-electron chi connectivity index (χ0n) is 9.76. The van der Waals surface area contributed by atoms with E-state index in [1.165, 1.54) is 6.07 Å². The Balaban J connectivity index is 2.90. The van der Waals surface area contributed by atoms with Gasteiger partial charge in [0.1, 0.15) is 6.10 Å². The van der Waals surface area contributed by atoms with Crippen LogP contribution in [0.4, 0.5) is 4.39 Å². The minimum absolute atomic E-state index is 0.122. The summed E-state index contributed by atoms with van der Waals surface area (Å²) < 4.78 is 19.9. The van der Waals surface area contributed by atoms with Gasteiger partial charge in [0.15, 0.2) is 11.6 Å². The Hall–Kier alpha value is -0.610. The lowest BCUT2D eigenvalue weighted by atomic mass is 9.89. The number of ether oxygens (including phenoxy) is 1. The SMILES string of the molecule is CC(C)(C)C(CN)Oc1cc(Br)ccc1F. The molecular formula is C12H17BrFNO. The van der Waals surface area contributed by atoms with E-state index in [1.807, 2.05) is 20.8 Å². The topological polar surface area (TPSA) is 35.2 Å². The average molecular weight is 290 g/mol. The number of hydrogen-bond acceptors (Lipinski definition) is 2. The predicted octanol–water partition coefficient (Wildman–Crippen LogP) is 3.34. The van der Waals surface area contributed by atoms with Gasteiger partial charge in [0.05, 0.1) is 0 Å². The zero-order chi connectivity index (χ0) is 12.3. The van der Waals surface area contributed by atoms with Gasteiger partial charge in [-0.25, -0.2) is 4.39 Å². The minimum Gasteiger partial charge on any atom is -0.485 e. The van der Waals surface area contributed by atoms with Crippen molar-refractivity contribution in [3.63, 3.8) is 0 Å². The van der Waals surface area contributed by atoms with Gasteiger partial charge in [0, 0.05) is 16.4 Å². The first-order chi connectivity index (χ1) is 7.34. The van der Waals surface area contributed by atoms with Crippen LogP contribution in [-0.4, -0.2) is 12.6 Å². The second-order valence-corrected chi connectivity index (χ2v) is 5.70. The highest BCUT2D eigenvalue weighted by molar-refractivity contribution is 9.10. The Kier molecular flexibility index (Phi) is 4.33. The molecule has 1 rings (SSSR count). The lowest BCUT2D eigenvalue weighted by Crippen LogP contribution is -2.38. The number of rotatable bonds is 3. The fourth-order valence-corrected chi connectivity index (χ4v) is 1.64. The molecule has 0 saturated carbocycles. The molecule has 0 aliphatic rings. The van der Waals surface area contributed by atoms with Crippen molar-refractivity contribution in [3.8, 4) is 5.75 Å². The van der Waals surface area contributed by atoms with Gasteiger partial charge in [-0.3, -0.25) is 0 Å². The minimum atomic E-state index is -0.370. The van der Waals surface area contributed by atoms with Crippen LogP contribution in [0.1, 0.15) is 20.8 Å². The second kappa shape index (κ2) is 5.15. The maximum absolute atomic E-state index is 13.5. The van der Waals surface area contributed by atoms with Gasteiger partial charge in [-0.05, 0) is 18.2 Å². The fraction of sp³-hybridized carbons (Fsp3) is 0.500. The first-order valence-corrected chi connectivity index (χ1v) is 5.95. The Labute approximate surface area is 104 Å². The van der Waals surface area contributed by atoms with E-state index in [-0.39, 0.29) is 23.1 Å². The van der Waals surface area contributed by atoms with Crippen LogP contribution in [-0.2, 0) is 0 Å². The van der Waals surface area contributed by atoms with Crippen molar-refractivity contribution in [3.05, 3.63) is 28.5 Å². The van der Waals surface area contributed by atoms with Crippen molar-refractivity contribution in [1.29, 1.82) is 0 Å². The Morgan fingerprint density at radius 1 is 1.44 bits per heavy atom. The summed E-state index contributed by atoms with van der Waals surface area (Å²) in [5, 5.41) is 0. The van der Waals surface area contributed by atoms with Crippen LogP contribution in [0, 0.1) is 11.2 Å². The molecule has 0 amide bonds. The lowest BCUT2D eigenvalue weighted by Gasteiger charge is -2.30. The third-order valence-corrected chi connectivity index (χ3v) is 2.84. The molecule has 0 spiro atoms. The molecule has 0 heterocycles. The van der Waals surface area contributed by atoms with Crippen molar-refractivity contribution in [2.45, 2.75) is 26.9 Å². The van der Waals surface area contributed by atoms with E-state index in [1.54, 1.807) is 12.1 Å². The fourth-order valence-electron chi connectivity index (χ4n) is 1.30. The average Bonchev–Trinajstić information content (AvgIpc) is 2.17. The van der Waals surface area contributed by atoms with Crippen molar-refractivity contribution >= 4 is 15.9 Å². The third kappa shape index (κ3) is 3.46. The standard InChI is InChI=1S/C12H17BrFNO/c1-12(2,3)11(7-15)16-10-6-8(13)4-5-9(10)14/h4-6,11H,7,15H2,1-3H3. The summed E-state index contributed by atoms with van der Waals surface area (Å²) in [6.45, 7) is 6.40. The van der Waals surface area contributed by atoms with Gasteiger partial charge < -0.3 is 10.5 Å². The molecular weight excluding hydrogens is 273 g/mol. The van der Waals surface area contributed by atoms with E-state index >= 15 is 0 Å². The summed E-state index contributed by atoms with van der Waals surface area (Å²) >= 11 is 3.28. The van der Waals surface area contributed by atoms with E-state index in [0.29, 0.717) is 6.54 Å². The first-order valence-electron chi connectivity index (χ1n) is 5.16. The van der Waals surface area contributed by atoms with Crippen LogP contribution < -0.4 is 10.5 Å². The number of benzene rings is 1. The molecule has 90 valence electrons. The molecule has 0 bridgehead atoms. The largest absolute Gasteiger partial charge is 0.485 e. The molecule has 0 fully saturated rings. The predicted molar refractivity (Wildman–Crippen MR) is 67.0 cm³/mol. The van der Waals surface area contributed by atoms with Gasteiger partial charge in [-0.2, -0.15) is 0 Å². The summed E-state index contributed by atoms with van der Waals surface area (Å²) in [6.07, 6.45) is -0.212. The molecule has 1 unspecified atom stereocenters. The lowest BCUT2D eigenvalue weighted by molar-refractivity contribution is 0.0898. The summed E-state index contributed by atoms with van der Waals surface area (Å²) in [5.74, 6) is -0.134. The first kappa shape index (κ1) is 13.5. The molecule has 0 saturated heterocycles. The summed E-state index contributed by atoms with van der Waals surface area (Å²) in [5.41, 5.74) is 5.51. The molecule has 1 aromatic rings. The molecule has 1 aromatic carbocycles. The van der Waals surface area contributed by atoms with Crippen LogP contribution in [0.15, 0.2) is 22.7 Å². The van der Waals surface area contributed by atoms with Gasteiger partial charge in [-0.15, -0.1) is 0 Å². The highest BCUT2D eigenvalue weighted by Gasteiger charge is 2.26. The summed E-state index contributed by atoms with van der Waals surface area (Å²) in [6, 6.07) is 4.62. The zero-order valence-corrected chi connectivity index (χ0v) is 11.3. The normalized spacial score (nSPS) is 13.6. The van der Waals surface area contributed by atoms with Gasteiger partial charge >= 0.3 is 0 Å². The van der Waals surface area contributed by atoms with Gasteiger partial charge in [-0.1, -0.05) is 36.7 Å². The Bertz CT molecular complexity index is 363. The number of hydrogen-bond donors (Lipinski definition) is 1. The van der Waals surface area contributed by atoms with E-state index in [2.05, 4.69) is 15.9 Å². The van der Waals surface area contributed by atoms with Crippen LogP contribution in [0.25, 0.3) is 0 Å². The van der Waals surface area contributed by atoms with Crippen molar-refractivity contribution in [1.82, 2.24) is 0 Å². The maximum atomic E-state index is 13.5. The third-order valence-electron chi connectivity index (χ3n) is 2.34. The second-order valence-electron chi connectivity index (χ2n) is 4.78. The molecule has 16 heavy (non-hydrogen) atoms. The van der Waals surface area contributed by atoms with Crippen molar-refractivity contribution < 1.29 is 9.13 Å². The molecule has 4 heteroatoms. The van der Waals surface area contributed by atoms with Crippen LogP contribution in [0.5, 0.6) is 5.75 Å². The molecule has 2 nitrogen and oxygen atoms in total. The summed E-state index contributed by atoms with van der Waals surface area (Å²) in [4.78, 5) is 0. The molecule has 1 atom stereocenters. The molecule has 0 aliphatic carbocycles. The molecule has 0 radical (unpaired) electrons. The Morgan fingerprint density at radius 3 is 2.56 bits per heavy atom. The monoisotopic (exact) mass is 289 g/mol. The highest BCUT2D eigenvalue weighted by Crippen LogP contribution is 2.28. The van der Waals surface area contributed by atoms with E-state index in [4.69, 9.17) is 10.5 Å². The van der Waals surface area contributed by atoms with E-state index < -0.39 is 0 Å². The number of nitrogens with two attached hydrogens (primary N) is 1. The van der Waals surface area contributed by atoms with E-state index in [0.717, 1.165) is 4.47 Å². The molecule has 0 aromatic heterocycles. The molecule has 2 N–H and O–H groups in total. The van der Waals surface area contributed by atoms with Gasteiger partial charge in [0.25, 0.3) is 0 Å². The molecule has 0 aliphatic heterocycles.